The van der Waals surface area contributed by atoms with Crippen molar-refractivity contribution < 1.29 is 19.0 Å². The van der Waals surface area contributed by atoms with Gasteiger partial charge in [0, 0.05) is 27.6 Å². The first-order chi connectivity index (χ1) is 14.9. The maximum Gasteiger partial charge on any atom is 0.348 e. The van der Waals surface area contributed by atoms with Crippen LogP contribution >= 0.6 is 11.6 Å². The Morgan fingerprint density at radius 1 is 1.19 bits per heavy atom. The predicted molar refractivity (Wildman–Crippen MR) is 117 cm³/mol. The molecule has 3 aromatic rings. The van der Waals surface area contributed by atoms with Gasteiger partial charge in [-0.2, -0.15) is 5.26 Å². The summed E-state index contributed by atoms with van der Waals surface area (Å²) in [4.78, 5) is 26.5. The molecular formula is C23H19ClN2O5. The number of nitrogens with one attached hydrogen (secondary N) is 1. The molecule has 2 aromatic carbocycles. The van der Waals surface area contributed by atoms with Gasteiger partial charge in [0.1, 0.15) is 18.2 Å². The average molecular weight is 439 g/mol. The number of fused-ring (bicyclic) bond motifs is 1. The fourth-order valence-electron chi connectivity index (χ4n) is 2.98. The molecule has 0 atom stereocenters. The molecule has 8 heteroatoms. The first-order valence-electron chi connectivity index (χ1n) is 9.36. The number of H-pyrrole nitrogens is 1. The molecule has 0 saturated carbocycles. The predicted octanol–water partition coefficient (Wildman–Crippen LogP) is 4.24. The van der Waals surface area contributed by atoms with Crippen LogP contribution in [-0.2, 0) is 16.1 Å². The molecule has 31 heavy (non-hydrogen) atoms. The van der Waals surface area contributed by atoms with E-state index >= 15 is 0 Å². The molecule has 1 heterocycles. The molecule has 0 aliphatic heterocycles. The van der Waals surface area contributed by atoms with Crippen molar-refractivity contribution >= 4 is 34.5 Å². The van der Waals surface area contributed by atoms with Gasteiger partial charge in [-0.05, 0) is 48.9 Å². The van der Waals surface area contributed by atoms with Crippen molar-refractivity contribution in [2.45, 2.75) is 13.5 Å². The topological polar surface area (TPSA) is 101 Å². The molecule has 0 aliphatic rings. The Morgan fingerprint density at radius 3 is 2.71 bits per heavy atom. The summed E-state index contributed by atoms with van der Waals surface area (Å²) < 4.78 is 16.1. The van der Waals surface area contributed by atoms with Gasteiger partial charge in [-0.15, -0.1) is 0 Å². The van der Waals surface area contributed by atoms with Crippen LogP contribution in [0, 0.1) is 11.3 Å². The minimum atomic E-state index is -0.691. The Morgan fingerprint density at radius 2 is 2.00 bits per heavy atom. The first kappa shape index (κ1) is 21.9. The highest BCUT2D eigenvalue weighted by atomic mass is 35.5. The number of hydrogen-bond acceptors (Lipinski definition) is 6. The Labute approximate surface area is 183 Å². The Balaban J connectivity index is 1.88. The van der Waals surface area contributed by atoms with E-state index in [1.807, 2.05) is 6.07 Å². The van der Waals surface area contributed by atoms with E-state index in [0.29, 0.717) is 33.2 Å². The molecule has 0 fully saturated rings. The summed E-state index contributed by atoms with van der Waals surface area (Å²) in [6, 6.07) is 13.5. The number of hydrogen-bond donors (Lipinski definition) is 1. The van der Waals surface area contributed by atoms with Crippen molar-refractivity contribution in [1.29, 1.82) is 5.26 Å². The Hall–Kier alpha value is -3.76. The number of rotatable bonds is 7. The lowest BCUT2D eigenvalue weighted by Crippen LogP contribution is -2.08. The SMILES string of the molecule is CCOC(=O)/C(C#N)=C/c1ccc(OCc2cc(=O)[nH]c3ccc(Cl)cc23)c(OC)c1. The van der Waals surface area contributed by atoms with Crippen molar-refractivity contribution in [3.05, 3.63) is 74.5 Å². The highest BCUT2D eigenvalue weighted by Gasteiger charge is 2.12. The second-order valence-corrected chi connectivity index (χ2v) is 6.87. The number of esters is 1. The maximum atomic E-state index is 12.0. The number of benzene rings is 2. The molecule has 0 bridgehead atoms. The summed E-state index contributed by atoms with van der Waals surface area (Å²) in [5.74, 6) is 0.149. The molecule has 0 aliphatic carbocycles. The summed E-state index contributed by atoms with van der Waals surface area (Å²) in [6.45, 7) is 1.95. The van der Waals surface area contributed by atoms with Crippen LogP contribution in [0.2, 0.25) is 5.02 Å². The largest absolute Gasteiger partial charge is 0.493 e. The number of aromatic amines is 1. The summed E-state index contributed by atoms with van der Waals surface area (Å²) in [6.07, 6.45) is 1.41. The number of nitriles is 1. The number of nitrogens with zero attached hydrogens (tertiary/aromatic N) is 1. The van der Waals surface area contributed by atoms with Crippen LogP contribution in [0.4, 0.5) is 0 Å². The van der Waals surface area contributed by atoms with E-state index < -0.39 is 5.97 Å². The normalized spacial score (nSPS) is 11.1. The molecule has 0 unspecified atom stereocenters. The van der Waals surface area contributed by atoms with Crippen LogP contribution in [0.1, 0.15) is 18.1 Å². The molecule has 158 valence electrons. The highest BCUT2D eigenvalue weighted by Crippen LogP contribution is 2.30. The van der Waals surface area contributed by atoms with Crippen LogP contribution in [0.15, 0.2) is 52.8 Å². The van der Waals surface area contributed by atoms with Crippen LogP contribution < -0.4 is 15.0 Å². The van der Waals surface area contributed by atoms with Crippen molar-refractivity contribution in [2.75, 3.05) is 13.7 Å². The van der Waals surface area contributed by atoms with E-state index in [4.69, 9.17) is 25.8 Å². The lowest BCUT2D eigenvalue weighted by atomic mass is 10.1. The number of halogens is 1. The zero-order chi connectivity index (χ0) is 22.4. The number of ether oxygens (including phenoxy) is 3. The number of methoxy groups -OCH3 is 1. The molecule has 7 nitrogen and oxygen atoms in total. The van der Waals surface area contributed by atoms with Crippen LogP contribution in [0.5, 0.6) is 11.5 Å². The molecule has 1 N–H and O–H groups in total. The lowest BCUT2D eigenvalue weighted by Gasteiger charge is -2.13. The van der Waals surface area contributed by atoms with Crippen LogP contribution in [0.25, 0.3) is 17.0 Å². The smallest absolute Gasteiger partial charge is 0.348 e. The molecule has 0 amide bonds. The average Bonchev–Trinajstić information content (AvgIpc) is 2.76. The maximum absolute atomic E-state index is 12.0. The summed E-state index contributed by atoms with van der Waals surface area (Å²) in [7, 11) is 1.48. The number of carbonyl (C=O) groups is 1. The second-order valence-electron chi connectivity index (χ2n) is 6.44. The fraction of sp³-hybridized carbons (Fsp3) is 0.174. The van der Waals surface area contributed by atoms with E-state index in [2.05, 4.69) is 4.98 Å². The third-order valence-corrected chi connectivity index (χ3v) is 4.62. The van der Waals surface area contributed by atoms with Gasteiger partial charge in [-0.1, -0.05) is 17.7 Å². The van der Waals surface area contributed by atoms with Gasteiger partial charge in [-0.25, -0.2) is 4.79 Å². The molecular weight excluding hydrogens is 420 g/mol. The van der Waals surface area contributed by atoms with Gasteiger partial charge in [0.2, 0.25) is 5.56 Å². The number of pyridine rings is 1. The summed E-state index contributed by atoms with van der Waals surface area (Å²) in [5.41, 5.74) is 1.53. The van der Waals surface area contributed by atoms with Crippen LogP contribution in [-0.4, -0.2) is 24.7 Å². The van der Waals surface area contributed by atoms with Crippen molar-refractivity contribution in [3.8, 4) is 17.6 Å². The molecule has 1 aromatic heterocycles. The standard InChI is InChI=1S/C23H19ClN2O5/c1-3-30-23(28)15(12-25)8-14-4-7-20(21(9-14)29-2)31-13-16-10-22(27)26-19-6-5-17(24)11-18(16)19/h4-11H,3,13H2,1-2H3,(H,26,27)/b15-8+. The minimum absolute atomic E-state index is 0.110. The zero-order valence-electron chi connectivity index (χ0n) is 16.9. The summed E-state index contributed by atoms with van der Waals surface area (Å²) >= 11 is 6.09. The van der Waals surface area contributed by atoms with Gasteiger partial charge in [0.05, 0.1) is 13.7 Å². The quantitative estimate of drug-likeness (QED) is 0.336. The monoisotopic (exact) mass is 438 g/mol. The minimum Gasteiger partial charge on any atom is -0.493 e. The van der Waals surface area contributed by atoms with E-state index in [-0.39, 0.29) is 24.3 Å². The number of aromatic nitrogens is 1. The molecule has 0 spiro atoms. The van der Waals surface area contributed by atoms with E-state index in [1.165, 1.54) is 19.3 Å². The molecule has 3 rings (SSSR count). The van der Waals surface area contributed by atoms with Gasteiger partial charge < -0.3 is 19.2 Å². The Kier molecular flexibility index (Phi) is 6.96. The second kappa shape index (κ2) is 9.83. The van der Waals surface area contributed by atoms with Gasteiger partial charge >= 0.3 is 5.97 Å². The van der Waals surface area contributed by atoms with E-state index in [9.17, 15) is 14.9 Å². The zero-order valence-corrected chi connectivity index (χ0v) is 17.7. The molecule has 0 radical (unpaired) electrons. The van der Waals surface area contributed by atoms with Crippen molar-refractivity contribution in [3.63, 3.8) is 0 Å². The molecule has 0 saturated heterocycles. The third kappa shape index (κ3) is 5.24. The van der Waals surface area contributed by atoms with Gasteiger partial charge in [-0.3, -0.25) is 4.79 Å². The van der Waals surface area contributed by atoms with E-state index in [0.717, 1.165) is 5.39 Å². The van der Waals surface area contributed by atoms with Crippen molar-refractivity contribution in [1.82, 2.24) is 4.98 Å². The first-order valence-corrected chi connectivity index (χ1v) is 9.74. The fourth-order valence-corrected chi connectivity index (χ4v) is 3.15. The lowest BCUT2D eigenvalue weighted by molar-refractivity contribution is -0.137. The van der Waals surface area contributed by atoms with Crippen molar-refractivity contribution in [2.24, 2.45) is 0 Å². The third-order valence-electron chi connectivity index (χ3n) is 4.39. The van der Waals surface area contributed by atoms with Gasteiger partial charge in [0.25, 0.3) is 0 Å². The summed E-state index contributed by atoms with van der Waals surface area (Å²) in [5, 5.41) is 10.5. The van der Waals surface area contributed by atoms with E-state index in [1.54, 1.807) is 43.3 Å². The van der Waals surface area contributed by atoms with Crippen LogP contribution in [0.3, 0.4) is 0 Å². The number of carbonyl (C=O) groups excluding carboxylic acids is 1. The Bertz CT molecular complexity index is 1260. The van der Waals surface area contributed by atoms with Gasteiger partial charge in [0.15, 0.2) is 11.5 Å². The highest BCUT2D eigenvalue weighted by molar-refractivity contribution is 6.31.